The number of aromatic hydroxyl groups is 2. The van der Waals surface area contributed by atoms with Gasteiger partial charge in [0.25, 0.3) is 0 Å². The molecule has 12 heteroatoms. The van der Waals surface area contributed by atoms with Gasteiger partial charge in [0.15, 0.2) is 11.4 Å². The molecule has 3 atom stereocenters. The predicted molar refractivity (Wildman–Crippen MR) is 153 cm³/mol. The van der Waals surface area contributed by atoms with Crippen LogP contribution in [0.25, 0.3) is 10.8 Å². The number of Topliss-reactive ketones (excluding diaryl/α,β-unsaturated/α-hetero) is 2. The number of fused-ring (bicyclic) bond motifs is 3. The van der Waals surface area contributed by atoms with Crippen molar-refractivity contribution >= 4 is 51.4 Å². The Balaban J connectivity index is 1.58. The van der Waals surface area contributed by atoms with Gasteiger partial charge in [-0.25, -0.2) is 10.2 Å². The predicted octanol–water partition coefficient (Wildman–Crippen LogP) is 3.53. The van der Waals surface area contributed by atoms with Gasteiger partial charge >= 0.3 is 6.03 Å². The summed E-state index contributed by atoms with van der Waals surface area (Å²) < 4.78 is 0. The number of nitrogens with zero attached hydrogens (tertiary/aromatic N) is 1. The molecule has 0 unspecified atom stereocenters. The van der Waals surface area contributed by atoms with Crippen LogP contribution in [0.1, 0.15) is 34.0 Å². The lowest BCUT2D eigenvalue weighted by molar-refractivity contribution is -0.122. The summed E-state index contributed by atoms with van der Waals surface area (Å²) in [7, 11) is 0. The summed E-state index contributed by atoms with van der Waals surface area (Å²) in [5.41, 5.74) is 6.36. The highest BCUT2D eigenvalue weighted by molar-refractivity contribution is 6.33. The molecule has 0 bridgehead atoms. The molecule has 3 aromatic carbocycles. The van der Waals surface area contributed by atoms with Crippen molar-refractivity contribution in [2.45, 2.75) is 38.8 Å². The van der Waals surface area contributed by atoms with Gasteiger partial charge in [-0.15, -0.1) is 0 Å². The third-order valence-corrected chi connectivity index (χ3v) is 8.26. The number of benzene rings is 3. The van der Waals surface area contributed by atoms with Gasteiger partial charge in [-0.3, -0.25) is 9.59 Å². The number of para-hydroxylation sites is 1. The minimum absolute atomic E-state index is 0.0306. The van der Waals surface area contributed by atoms with Crippen LogP contribution in [0, 0.1) is 19.8 Å². The van der Waals surface area contributed by atoms with Crippen molar-refractivity contribution < 1.29 is 34.8 Å². The molecule has 8 N–H and O–H groups in total. The van der Waals surface area contributed by atoms with E-state index in [1.54, 1.807) is 50.2 Å². The second-order valence-corrected chi connectivity index (χ2v) is 10.7. The van der Waals surface area contributed by atoms with Crippen LogP contribution in [-0.2, 0) is 11.2 Å². The third-order valence-electron chi connectivity index (χ3n) is 7.94. The van der Waals surface area contributed by atoms with E-state index < -0.39 is 52.2 Å². The average molecular weight is 579 g/mol. The largest absolute Gasteiger partial charge is 0.508 e. The number of hydrogen-bond donors (Lipinski definition) is 7. The summed E-state index contributed by atoms with van der Waals surface area (Å²) in [5.74, 6) is -4.92. The average Bonchev–Trinajstić information content (AvgIpc) is 2.93. The first kappa shape index (κ1) is 28.1. The maximum absolute atomic E-state index is 13.9. The Morgan fingerprint density at radius 1 is 1.10 bits per heavy atom. The van der Waals surface area contributed by atoms with Crippen LogP contribution in [0.2, 0.25) is 5.02 Å². The number of hydrazone groups is 1. The van der Waals surface area contributed by atoms with Crippen molar-refractivity contribution in [3.63, 3.8) is 0 Å². The topological polar surface area (TPSA) is 195 Å². The van der Waals surface area contributed by atoms with E-state index in [-0.39, 0.29) is 33.9 Å². The molecule has 5 rings (SSSR count). The number of nitrogens with one attached hydrogen (secondary N) is 2. The number of anilines is 1. The maximum Gasteiger partial charge on any atom is 0.339 e. The number of aryl methyl sites for hydroxylation is 2. The number of carbonyl (C=O) groups excluding carboxylic acids is 3. The molecule has 0 radical (unpaired) electrons. The van der Waals surface area contributed by atoms with Crippen molar-refractivity contribution in [3.05, 3.63) is 75.0 Å². The zero-order valence-electron chi connectivity index (χ0n) is 22.2. The summed E-state index contributed by atoms with van der Waals surface area (Å²) in [6.45, 7) is 4.61. The molecular formula is C29H27ClN4O7. The van der Waals surface area contributed by atoms with E-state index in [0.717, 1.165) is 0 Å². The summed E-state index contributed by atoms with van der Waals surface area (Å²) in [5, 5.41) is 52.0. The van der Waals surface area contributed by atoms with Crippen molar-refractivity contribution in [2.24, 2.45) is 16.8 Å². The second kappa shape index (κ2) is 9.88. The van der Waals surface area contributed by atoms with E-state index in [0.29, 0.717) is 27.8 Å². The number of nitrogens with two attached hydrogens (primary N) is 1. The quantitative estimate of drug-likeness (QED) is 0.181. The summed E-state index contributed by atoms with van der Waals surface area (Å²) in [6.07, 6.45) is -0.125. The van der Waals surface area contributed by atoms with Crippen LogP contribution in [0.3, 0.4) is 0 Å². The molecule has 0 fully saturated rings. The van der Waals surface area contributed by atoms with Gasteiger partial charge in [0, 0.05) is 5.92 Å². The minimum Gasteiger partial charge on any atom is -0.508 e. The molecule has 0 spiro atoms. The molecule has 2 aliphatic rings. The van der Waals surface area contributed by atoms with E-state index in [1.165, 1.54) is 6.92 Å². The molecule has 41 heavy (non-hydrogen) atoms. The van der Waals surface area contributed by atoms with Gasteiger partial charge < -0.3 is 31.5 Å². The summed E-state index contributed by atoms with van der Waals surface area (Å²) in [4.78, 5) is 39.6. The van der Waals surface area contributed by atoms with Crippen molar-refractivity contribution in [1.29, 1.82) is 0 Å². The second-order valence-electron chi connectivity index (χ2n) is 10.2. The van der Waals surface area contributed by atoms with E-state index >= 15 is 0 Å². The number of phenolic OH excluding ortho intramolecular Hbond substituents is 2. The summed E-state index contributed by atoms with van der Waals surface area (Å²) >= 11 is 6.04. The monoisotopic (exact) mass is 578 g/mol. The first-order chi connectivity index (χ1) is 19.3. The number of aliphatic hydroxyl groups is 2. The fraction of sp³-hybridized carbons (Fsp3) is 0.241. The lowest BCUT2D eigenvalue weighted by Crippen LogP contribution is -2.63. The molecular weight excluding hydrogens is 552 g/mol. The zero-order valence-corrected chi connectivity index (χ0v) is 23.0. The zero-order chi connectivity index (χ0) is 30.0. The molecule has 0 saturated heterocycles. The number of rotatable bonds is 3. The van der Waals surface area contributed by atoms with Crippen LogP contribution >= 0.6 is 11.6 Å². The summed E-state index contributed by atoms with van der Waals surface area (Å²) in [6, 6.07) is 7.57. The highest BCUT2D eigenvalue weighted by Crippen LogP contribution is 2.50. The Bertz CT molecular complexity index is 1750. The first-order valence-corrected chi connectivity index (χ1v) is 13.0. The fourth-order valence-corrected chi connectivity index (χ4v) is 5.85. The van der Waals surface area contributed by atoms with Gasteiger partial charge in [0.2, 0.25) is 5.78 Å². The molecule has 2 amide bonds. The molecule has 0 saturated carbocycles. The Kier molecular flexibility index (Phi) is 6.77. The van der Waals surface area contributed by atoms with Gasteiger partial charge in [0.1, 0.15) is 17.3 Å². The first-order valence-electron chi connectivity index (χ1n) is 12.6. The molecule has 0 heterocycles. The third kappa shape index (κ3) is 4.12. The van der Waals surface area contributed by atoms with Gasteiger partial charge in [-0.1, -0.05) is 35.9 Å². The SMILES string of the molecule is C/C(=N\NC(=O)Nc1ccccc1Cl)C1=C(O)[C@@]2(O)C(=O)c3c(c(C)c4ccc(C)c(O)c4c3O)C[C@H]2[C@@H](N)C1=O. The Morgan fingerprint density at radius 2 is 1.78 bits per heavy atom. The number of halogens is 1. The van der Waals surface area contributed by atoms with Crippen LogP contribution in [0.5, 0.6) is 11.5 Å². The molecule has 2 aliphatic carbocycles. The van der Waals surface area contributed by atoms with Crippen molar-refractivity contribution in [2.75, 3.05) is 5.32 Å². The molecule has 0 aliphatic heterocycles. The normalized spacial score (nSPS) is 22.4. The molecule has 0 aromatic heterocycles. The Hall–Kier alpha value is -4.45. The number of hydrogen-bond acceptors (Lipinski definition) is 9. The molecule has 212 valence electrons. The smallest absolute Gasteiger partial charge is 0.339 e. The van der Waals surface area contributed by atoms with Crippen molar-refractivity contribution in [1.82, 2.24) is 5.43 Å². The minimum atomic E-state index is -2.69. The van der Waals surface area contributed by atoms with Crippen LogP contribution in [0.4, 0.5) is 10.5 Å². The lowest BCUT2D eigenvalue weighted by Gasteiger charge is -2.45. The molecule has 3 aromatic rings. The van der Waals surface area contributed by atoms with E-state index in [9.17, 15) is 34.8 Å². The van der Waals surface area contributed by atoms with Crippen LogP contribution in [0.15, 0.2) is 52.8 Å². The van der Waals surface area contributed by atoms with Crippen LogP contribution < -0.4 is 16.5 Å². The van der Waals surface area contributed by atoms with E-state index in [2.05, 4.69) is 15.8 Å². The maximum atomic E-state index is 13.9. The van der Waals surface area contributed by atoms with E-state index in [1.807, 2.05) is 0 Å². The number of urea groups is 1. The lowest BCUT2D eigenvalue weighted by atomic mass is 9.61. The standard InChI is InChI=1S/C29H27ClN4O7/c1-11-8-9-14-12(2)15-10-16-22(31)25(37)19(13(3)33-34-28(40)32-18-7-5-4-6-17(18)30)26(38)29(16,41)27(39)21(15)24(36)20(14)23(11)35/h4-9,16,22,35-36,38,41H,10,31H2,1-3H3,(H2,32,34,40)/b33-13+/t16-,22+,29+/m0/s1. The number of ketones is 2. The highest BCUT2D eigenvalue weighted by Gasteiger charge is 2.60. The highest BCUT2D eigenvalue weighted by atomic mass is 35.5. The Morgan fingerprint density at radius 3 is 2.46 bits per heavy atom. The number of carbonyl (C=O) groups is 3. The van der Waals surface area contributed by atoms with Gasteiger partial charge in [-0.05, 0) is 61.4 Å². The number of phenols is 2. The van der Waals surface area contributed by atoms with E-state index in [4.69, 9.17) is 17.3 Å². The Labute approximate surface area is 238 Å². The molecule has 11 nitrogen and oxygen atoms in total. The number of aliphatic hydroxyl groups excluding tert-OH is 1. The van der Waals surface area contributed by atoms with Gasteiger partial charge in [-0.2, -0.15) is 5.10 Å². The number of amides is 2. The van der Waals surface area contributed by atoms with Gasteiger partial charge in [0.05, 0.1) is 39.0 Å². The van der Waals surface area contributed by atoms with Crippen LogP contribution in [-0.4, -0.2) is 55.4 Å². The fourth-order valence-electron chi connectivity index (χ4n) is 5.67. The van der Waals surface area contributed by atoms with Crippen molar-refractivity contribution in [3.8, 4) is 11.5 Å².